The summed E-state index contributed by atoms with van der Waals surface area (Å²) in [4.78, 5) is 24.1. The molecule has 1 atom stereocenters. The predicted octanol–water partition coefficient (Wildman–Crippen LogP) is 5.48. The number of fused-ring (bicyclic) bond motifs is 1. The van der Waals surface area contributed by atoms with Crippen molar-refractivity contribution in [2.24, 2.45) is 0 Å². The normalized spacial score (nSPS) is 15.2. The summed E-state index contributed by atoms with van der Waals surface area (Å²) in [6, 6.07) is 10.0. The van der Waals surface area contributed by atoms with Crippen LogP contribution in [0, 0.1) is 6.92 Å². The quantitative estimate of drug-likeness (QED) is 0.685. The highest BCUT2D eigenvalue weighted by molar-refractivity contribution is 6.10. The standard InChI is InChI=1S/C21H20F3NO2.C2H6/c1-3-13-10-12(2)4-7-17(13)19(26)15-5-8-16-14(11-15)6-9-18(16)25-20(27)21(22,23)24;1-2/h4-5,7-8,10-11,18H,3,6,9H2,1-2H3,(H,25,27);1-2H3. The molecule has 0 radical (unpaired) electrons. The zero-order valence-electron chi connectivity index (χ0n) is 17.1. The maximum absolute atomic E-state index is 12.9. The highest BCUT2D eigenvalue weighted by atomic mass is 19.4. The Kier molecular flexibility index (Phi) is 7.22. The molecule has 156 valence electrons. The summed E-state index contributed by atoms with van der Waals surface area (Å²) in [6.07, 6.45) is -3.26. The Labute approximate surface area is 169 Å². The molecule has 0 spiro atoms. The first-order valence-electron chi connectivity index (χ1n) is 9.85. The van der Waals surface area contributed by atoms with Gasteiger partial charge in [0.2, 0.25) is 0 Å². The second-order valence-corrected chi connectivity index (χ2v) is 6.82. The molecule has 0 heterocycles. The summed E-state index contributed by atoms with van der Waals surface area (Å²) in [7, 11) is 0. The molecule has 0 aliphatic heterocycles. The van der Waals surface area contributed by atoms with E-state index in [9.17, 15) is 22.8 Å². The van der Waals surface area contributed by atoms with Gasteiger partial charge in [0.1, 0.15) is 0 Å². The van der Waals surface area contributed by atoms with E-state index in [1.807, 2.05) is 51.2 Å². The van der Waals surface area contributed by atoms with E-state index in [1.165, 1.54) is 0 Å². The van der Waals surface area contributed by atoms with Crippen LogP contribution in [0.2, 0.25) is 0 Å². The highest BCUT2D eigenvalue weighted by Gasteiger charge is 2.40. The van der Waals surface area contributed by atoms with Crippen LogP contribution in [-0.2, 0) is 17.6 Å². The van der Waals surface area contributed by atoms with Crippen molar-refractivity contribution in [1.29, 1.82) is 0 Å². The number of carbonyl (C=O) groups excluding carboxylic acids is 2. The summed E-state index contributed by atoms with van der Waals surface area (Å²) in [6.45, 7) is 7.96. The Hall–Kier alpha value is -2.63. The minimum atomic E-state index is -4.90. The number of hydrogen-bond acceptors (Lipinski definition) is 2. The third-order valence-electron chi connectivity index (χ3n) is 4.93. The number of alkyl halides is 3. The summed E-state index contributed by atoms with van der Waals surface area (Å²) < 4.78 is 37.4. The topological polar surface area (TPSA) is 46.2 Å². The first kappa shape index (κ1) is 22.7. The molecule has 1 amide bonds. The SMILES string of the molecule is CC.CCc1cc(C)ccc1C(=O)c1ccc2c(c1)CCC2NC(=O)C(F)(F)F. The molecular weight excluding hydrogens is 379 g/mol. The molecule has 0 saturated carbocycles. The van der Waals surface area contributed by atoms with E-state index in [4.69, 9.17) is 0 Å². The molecule has 3 rings (SSSR count). The van der Waals surface area contributed by atoms with E-state index >= 15 is 0 Å². The number of halogens is 3. The lowest BCUT2D eigenvalue weighted by molar-refractivity contribution is -0.174. The minimum absolute atomic E-state index is 0.0996. The minimum Gasteiger partial charge on any atom is -0.341 e. The monoisotopic (exact) mass is 405 g/mol. The number of aryl methyl sites for hydroxylation is 3. The van der Waals surface area contributed by atoms with Gasteiger partial charge in [0.05, 0.1) is 6.04 Å². The van der Waals surface area contributed by atoms with Crippen molar-refractivity contribution >= 4 is 11.7 Å². The van der Waals surface area contributed by atoms with Gasteiger partial charge in [-0.25, -0.2) is 0 Å². The lowest BCUT2D eigenvalue weighted by atomic mass is 9.93. The average Bonchev–Trinajstić information content (AvgIpc) is 3.10. The first-order valence-corrected chi connectivity index (χ1v) is 9.85. The lowest BCUT2D eigenvalue weighted by Crippen LogP contribution is -2.38. The highest BCUT2D eigenvalue weighted by Crippen LogP contribution is 2.33. The van der Waals surface area contributed by atoms with Crippen LogP contribution >= 0.6 is 0 Å². The van der Waals surface area contributed by atoms with Crippen molar-refractivity contribution in [3.8, 4) is 0 Å². The number of rotatable bonds is 4. The van der Waals surface area contributed by atoms with Gasteiger partial charge in [0.15, 0.2) is 5.78 Å². The number of amides is 1. The van der Waals surface area contributed by atoms with Crippen molar-refractivity contribution in [3.05, 3.63) is 69.8 Å². The van der Waals surface area contributed by atoms with Crippen molar-refractivity contribution in [3.63, 3.8) is 0 Å². The van der Waals surface area contributed by atoms with Crippen LogP contribution in [0.15, 0.2) is 36.4 Å². The fourth-order valence-electron chi connectivity index (χ4n) is 3.54. The Morgan fingerprint density at radius 1 is 1.10 bits per heavy atom. The van der Waals surface area contributed by atoms with Gasteiger partial charge in [0, 0.05) is 11.1 Å². The number of nitrogens with one attached hydrogen (secondary N) is 1. The summed E-state index contributed by atoms with van der Waals surface area (Å²) in [5.41, 5.74) is 4.65. The van der Waals surface area contributed by atoms with Gasteiger partial charge in [0.25, 0.3) is 0 Å². The van der Waals surface area contributed by atoms with Crippen LogP contribution in [0.5, 0.6) is 0 Å². The smallest absolute Gasteiger partial charge is 0.341 e. The molecule has 3 nitrogen and oxygen atoms in total. The summed E-state index contributed by atoms with van der Waals surface area (Å²) in [5.74, 6) is -2.04. The van der Waals surface area contributed by atoms with Gasteiger partial charge >= 0.3 is 12.1 Å². The average molecular weight is 405 g/mol. The van der Waals surface area contributed by atoms with Crippen LogP contribution in [0.3, 0.4) is 0 Å². The zero-order chi connectivity index (χ0) is 21.8. The van der Waals surface area contributed by atoms with Crippen molar-refractivity contribution in [2.45, 2.75) is 59.2 Å². The molecule has 1 aliphatic rings. The molecule has 2 aromatic carbocycles. The molecule has 1 unspecified atom stereocenters. The zero-order valence-corrected chi connectivity index (χ0v) is 17.1. The Bertz CT molecular complexity index is 903. The van der Waals surface area contributed by atoms with Crippen LogP contribution in [-0.4, -0.2) is 17.9 Å². The molecule has 2 aromatic rings. The molecule has 0 fully saturated rings. The molecule has 0 saturated heterocycles. The van der Waals surface area contributed by atoms with E-state index in [0.717, 1.165) is 23.1 Å². The number of ketones is 1. The Morgan fingerprint density at radius 3 is 2.41 bits per heavy atom. The van der Waals surface area contributed by atoms with Gasteiger partial charge in [-0.05, 0) is 48.9 Å². The molecule has 1 N–H and O–H groups in total. The third-order valence-corrected chi connectivity index (χ3v) is 4.93. The third kappa shape index (κ3) is 5.05. The van der Waals surface area contributed by atoms with Crippen molar-refractivity contribution in [2.75, 3.05) is 0 Å². The lowest BCUT2D eigenvalue weighted by Gasteiger charge is -2.16. The maximum Gasteiger partial charge on any atom is 0.471 e. The fraction of sp³-hybridized carbons (Fsp3) is 0.391. The van der Waals surface area contributed by atoms with Crippen LogP contribution in [0.1, 0.15) is 71.4 Å². The molecule has 0 aromatic heterocycles. The number of benzene rings is 2. The predicted molar refractivity (Wildman–Crippen MR) is 107 cm³/mol. The van der Waals surface area contributed by atoms with Gasteiger partial charge < -0.3 is 5.32 Å². The van der Waals surface area contributed by atoms with E-state index < -0.39 is 18.1 Å². The Morgan fingerprint density at radius 2 is 1.79 bits per heavy atom. The molecule has 6 heteroatoms. The van der Waals surface area contributed by atoms with Crippen LogP contribution < -0.4 is 5.32 Å². The van der Waals surface area contributed by atoms with Gasteiger partial charge in [-0.15, -0.1) is 0 Å². The Balaban J connectivity index is 0.00000145. The van der Waals surface area contributed by atoms with Gasteiger partial charge in [-0.3, -0.25) is 9.59 Å². The van der Waals surface area contributed by atoms with Gasteiger partial charge in [-0.1, -0.05) is 56.7 Å². The molecule has 1 aliphatic carbocycles. The maximum atomic E-state index is 12.9. The van der Waals surface area contributed by atoms with E-state index in [0.29, 0.717) is 29.5 Å². The summed E-state index contributed by atoms with van der Waals surface area (Å²) >= 11 is 0. The van der Waals surface area contributed by atoms with Gasteiger partial charge in [-0.2, -0.15) is 13.2 Å². The molecule has 29 heavy (non-hydrogen) atoms. The van der Waals surface area contributed by atoms with E-state index in [-0.39, 0.29) is 5.78 Å². The first-order chi connectivity index (χ1) is 13.7. The molecule has 0 bridgehead atoms. The number of hydrogen-bond donors (Lipinski definition) is 1. The molecular formula is C23H26F3NO2. The van der Waals surface area contributed by atoms with E-state index in [1.54, 1.807) is 18.2 Å². The second-order valence-electron chi connectivity index (χ2n) is 6.82. The van der Waals surface area contributed by atoms with Crippen LogP contribution in [0.4, 0.5) is 13.2 Å². The van der Waals surface area contributed by atoms with Crippen LogP contribution in [0.25, 0.3) is 0 Å². The largest absolute Gasteiger partial charge is 0.471 e. The van der Waals surface area contributed by atoms with Crippen molar-refractivity contribution < 1.29 is 22.8 Å². The fourth-order valence-corrected chi connectivity index (χ4v) is 3.54. The summed E-state index contributed by atoms with van der Waals surface area (Å²) in [5, 5.41) is 2.03. The van der Waals surface area contributed by atoms with Crippen molar-refractivity contribution in [1.82, 2.24) is 5.32 Å². The van der Waals surface area contributed by atoms with E-state index in [2.05, 4.69) is 0 Å². The number of carbonyl (C=O) groups is 2. The second kappa shape index (κ2) is 9.25.